The number of carbonyl (C=O) groups excluding carboxylic acids is 1. The van der Waals surface area contributed by atoms with Crippen molar-refractivity contribution in [3.63, 3.8) is 0 Å². The molecule has 0 radical (unpaired) electrons. The van der Waals surface area contributed by atoms with Crippen LogP contribution in [-0.2, 0) is 0 Å². The van der Waals surface area contributed by atoms with E-state index in [2.05, 4.69) is 25.9 Å². The second-order valence-electron chi connectivity index (χ2n) is 4.30. The van der Waals surface area contributed by atoms with E-state index in [1.165, 1.54) is 0 Å². The smallest absolute Gasteiger partial charge is 0.168 e. The summed E-state index contributed by atoms with van der Waals surface area (Å²) in [5.74, 6) is 0.593. The Hall–Kier alpha value is -1.55. The molecule has 2 aromatic rings. The SMILES string of the molecule is Cc1cc(C=O)nc(-c2cc(C)c(Br)c(C)c2)n1. The van der Waals surface area contributed by atoms with E-state index in [1.54, 1.807) is 6.07 Å². The van der Waals surface area contributed by atoms with Gasteiger partial charge in [-0.05, 0) is 50.1 Å². The molecule has 0 spiro atoms. The van der Waals surface area contributed by atoms with Crippen molar-refractivity contribution in [1.82, 2.24) is 9.97 Å². The number of hydrogen-bond donors (Lipinski definition) is 0. The van der Waals surface area contributed by atoms with Crippen molar-refractivity contribution in [3.8, 4) is 11.4 Å². The first kappa shape index (κ1) is 12.9. The Morgan fingerprint density at radius 3 is 2.22 bits per heavy atom. The highest BCUT2D eigenvalue weighted by Gasteiger charge is 2.08. The van der Waals surface area contributed by atoms with Gasteiger partial charge >= 0.3 is 0 Å². The van der Waals surface area contributed by atoms with Crippen LogP contribution >= 0.6 is 15.9 Å². The molecule has 3 nitrogen and oxygen atoms in total. The predicted octanol–water partition coefficient (Wildman–Crippen LogP) is 3.64. The van der Waals surface area contributed by atoms with E-state index in [-0.39, 0.29) is 0 Å². The van der Waals surface area contributed by atoms with Crippen LogP contribution in [0, 0.1) is 20.8 Å². The van der Waals surface area contributed by atoms with E-state index in [9.17, 15) is 4.79 Å². The van der Waals surface area contributed by atoms with Crippen molar-refractivity contribution in [2.75, 3.05) is 0 Å². The number of nitrogens with zero attached hydrogens (tertiary/aromatic N) is 2. The second-order valence-corrected chi connectivity index (χ2v) is 5.09. The number of aryl methyl sites for hydroxylation is 3. The molecule has 0 aliphatic carbocycles. The van der Waals surface area contributed by atoms with E-state index < -0.39 is 0 Å². The Morgan fingerprint density at radius 1 is 1.06 bits per heavy atom. The lowest BCUT2D eigenvalue weighted by Crippen LogP contribution is -1.97. The van der Waals surface area contributed by atoms with E-state index in [0.717, 1.165) is 33.1 Å². The molecule has 0 atom stereocenters. The van der Waals surface area contributed by atoms with Crippen molar-refractivity contribution in [3.05, 3.63) is 45.2 Å². The first-order valence-electron chi connectivity index (χ1n) is 5.59. The number of halogens is 1. The molecule has 1 aromatic carbocycles. The molecule has 0 unspecified atom stereocenters. The highest BCUT2D eigenvalue weighted by Crippen LogP contribution is 2.26. The number of rotatable bonds is 2. The fourth-order valence-corrected chi connectivity index (χ4v) is 2.09. The molecule has 0 aliphatic rings. The molecule has 1 aromatic heterocycles. The lowest BCUT2D eigenvalue weighted by atomic mass is 10.1. The topological polar surface area (TPSA) is 42.9 Å². The van der Waals surface area contributed by atoms with Crippen molar-refractivity contribution in [2.24, 2.45) is 0 Å². The zero-order chi connectivity index (χ0) is 13.3. The Bertz CT molecular complexity index is 600. The highest BCUT2D eigenvalue weighted by atomic mass is 79.9. The first-order valence-corrected chi connectivity index (χ1v) is 6.38. The van der Waals surface area contributed by atoms with E-state index >= 15 is 0 Å². The minimum absolute atomic E-state index is 0.413. The van der Waals surface area contributed by atoms with Crippen LogP contribution in [0.2, 0.25) is 0 Å². The van der Waals surface area contributed by atoms with Gasteiger partial charge in [0.05, 0.1) is 0 Å². The zero-order valence-electron chi connectivity index (χ0n) is 10.5. The number of aldehydes is 1. The predicted molar refractivity (Wildman–Crippen MR) is 74.8 cm³/mol. The lowest BCUT2D eigenvalue weighted by Gasteiger charge is -2.08. The molecule has 4 heteroatoms. The summed E-state index contributed by atoms with van der Waals surface area (Å²) in [6, 6.07) is 5.70. The molecule has 18 heavy (non-hydrogen) atoms. The Morgan fingerprint density at radius 2 is 1.67 bits per heavy atom. The Balaban J connectivity index is 2.61. The molecule has 0 saturated carbocycles. The monoisotopic (exact) mass is 304 g/mol. The summed E-state index contributed by atoms with van der Waals surface area (Å²) in [6.07, 6.45) is 0.747. The summed E-state index contributed by atoms with van der Waals surface area (Å²) < 4.78 is 1.09. The van der Waals surface area contributed by atoms with Crippen LogP contribution < -0.4 is 0 Å². The van der Waals surface area contributed by atoms with Crippen molar-refractivity contribution in [2.45, 2.75) is 20.8 Å². The number of hydrogen-bond acceptors (Lipinski definition) is 3. The molecule has 1 heterocycles. The maximum atomic E-state index is 10.8. The third-order valence-electron chi connectivity index (χ3n) is 2.69. The second kappa shape index (κ2) is 4.98. The van der Waals surface area contributed by atoms with Gasteiger partial charge in [0.15, 0.2) is 12.1 Å². The molecular formula is C14H13BrN2O. The quantitative estimate of drug-likeness (QED) is 0.796. The van der Waals surface area contributed by atoms with E-state index in [4.69, 9.17) is 0 Å². The maximum absolute atomic E-state index is 10.8. The molecule has 0 N–H and O–H groups in total. The van der Waals surface area contributed by atoms with Crippen LogP contribution in [0.3, 0.4) is 0 Å². The van der Waals surface area contributed by atoms with Crippen LogP contribution in [0.4, 0.5) is 0 Å². The van der Waals surface area contributed by atoms with Gasteiger partial charge in [-0.15, -0.1) is 0 Å². The summed E-state index contributed by atoms with van der Waals surface area (Å²) in [4.78, 5) is 19.5. The summed E-state index contributed by atoms with van der Waals surface area (Å²) in [5.41, 5.74) is 4.39. The van der Waals surface area contributed by atoms with Crippen LogP contribution in [0.5, 0.6) is 0 Å². The zero-order valence-corrected chi connectivity index (χ0v) is 12.1. The number of benzene rings is 1. The van der Waals surface area contributed by atoms with Gasteiger partial charge in [0, 0.05) is 15.7 Å². The molecule has 2 rings (SSSR count). The van der Waals surface area contributed by atoms with Crippen LogP contribution in [0.25, 0.3) is 11.4 Å². The van der Waals surface area contributed by atoms with Gasteiger partial charge in [0.25, 0.3) is 0 Å². The number of carbonyl (C=O) groups is 1. The first-order chi connectivity index (χ1) is 8.51. The highest BCUT2D eigenvalue weighted by molar-refractivity contribution is 9.10. The maximum Gasteiger partial charge on any atom is 0.168 e. The molecule has 0 saturated heterocycles. The largest absolute Gasteiger partial charge is 0.296 e. The molecule has 0 bridgehead atoms. The average molecular weight is 305 g/mol. The molecule has 0 aliphatic heterocycles. The third-order valence-corrected chi connectivity index (χ3v) is 3.94. The minimum atomic E-state index is 0.413. The van der Waals surface area contributed by atoms with Gasteiger partial charge in [0.1, 0.15) is 5.69 Å². The molecular weight excluding hydrogens is 292 g/mol. The van der Waals surface area contributed by atoms with Gasteiger partial charge in [-0.25, -0.2) is 9.97 Å². The van der Waals surface area contributed by atoms with E-state index in [1.807, 2.05) is 32.9 Å². The third kappa shape index (κ3) is 2.48. The minimum Gasteiger partial charge on any atom is -0.296 e. The standard InChI is InChI=1S/C14H13BrN2O/c1-8-4-11(5-9(2)13(8)15)14-16-10(3)6-12(7-18)17-14/h4-7H,1-3H3. The van der Waals surface area contributed by atoms with Crippen molar-refractivity contribution >= 4 is 22.2 Å². The van der Waals surface area contributed by atoms with Crippen molar-refractivity contribution in [1.29, 1.82) is 0 Å². The average Bonchev–Trinajstić information content (AvgIpc) is 2.34. The molecule has 92 valence electrons. The lowest BCUT2D eigenvalue weighted by molar-refractivity contribution is 0.111. The number of aromatic nitrogens is 2. The van der Waals surface area contributed by atoms with Crippen molar-refractivity contribution < 1.29 is 4.79 Å². The van der Waals surface area contributed by atoms with Crippen LogP contribution in [0.15, 0.2) is 22.7 Å². The molecule has 0 amide bonds. The fraction of sp³-hybridized carbons (Fsp3) is 0.214. The van der Waals surface area contributed by atoms with Gasteiger partial charge in [-0.2, -0.15) is 0 Å². The fourth-order valence-electron chi connectivity index (χ4n) is 1.86. The van der Waals surface area contributed by atoms with Gasteiger partial charge in [-0.3, -0.25) is 4.79 Å². The summed E-state index contributed by atoms with van der Waals surface area (Å²) in [6.45, 7) is 5.91. The van der Waals surface area contributed by atoms with Crippen LogP contribution in [-0.4, -0.2) is 16.3 Å². The van der Waals surface area contributed by atoms with E-state index in [0.29, 0.717) is 11.5 Å². The summed E-state index contributed by atoms with van der Waals surface area (Å²) in [5, 5.41) is 0. The Kier molecular flexibility index (Phi) is 3.57. The van der Waals surface area contributed by atoms with Gasteiger partial charge in [0.2, 0.25) is 0 Å². The molecule has 0 fully saturated rings. The normalized spacial score (nSPS) is 10.4. The van der Waals surface area contributed by atoms with Gasteiger partial charge in [-0.1, -0.05) is 15.9 Å². The summed E-state index contributed by atoms with van der Waals surface area (Å²) in [7, 11) is 0. The van der Waals surface area contributed by atoms with Crippen LogP contribution in [0.1, 0.15) is 27.3 Å². The van der Waals surface area contributed by atoms with Gasteiger partial charge < -0.3 is 0 Å². The Labute approximate surface area is 114 Å². The summed E-state index contributed by atoms with van der Waals surface area (Å²) >= 11 is 3.53.